The molecule has 3 atom stereocenters. The molecule has 9 nitrogen and oxygen atoms in total. The van der Waals surface area contributed by atoms with Gasteiger partial charge in [0.05, 0.1) is 36.4 Å². The Morgan fingerprint density at radius 3 is 2.48 bits per heavy atom. The number of fused-ring (bicyclic) bond motifs is 3. The molecular weight excluding hydrogens is 552 g/mol. The van der Waals surface area contributed by atoms with E-state index >= 15 is 0 Å². The van der Waals surface area contributed by atoms with Crippen LogP contribution >= 0.6 is 0 Å². The number of carbonyl (C=O) groups is 2. The van der Waals surface area contributed by atoms with Gasteiger partial charge in [0.2, 0.25) is 10.0 Å². The predicted octanol–water partition coefficient (Wildman–Crippen LogP) is 4.91. The van der Waals surface area contributed by atoms with Crippen LogP contribution < -0.4 is 15.0 Å². The van der Waals surface area contributed by atoms with E-state index in [1.165, 1.54) is 7.11 Å². The van der Waals surface area contributed by atoms with Crippen molar-refractivity contribution in [1.29, 1.82) is 0 Å². The van der Waals surface area contributed by atoms with E-state index < -0.39 is 15.9 Å². The molecule has 1 aliphatic heterocycles. The second-order valence-electron chi connectivity index (χ2n) is 10.7. The van der Waals surface area contributed by atoms with Crippen molar-refractivity contribution in [2.24, 2.45) is 11.0 Å². The number of allylic oxidation sites excluding steroid dienone is 2. The molecule has 2 aliphatic rings. The van der Waals surface area contributed by atoms with E-state index in [0.717, 1.165) is 44.9 Å². The number of anilines is 2. The molecule has 1 amide bonds. The van der Waals surface area contributed by atoms with Crippen LogP contribution in [-0.4, -0.2) is 45.9 Å². The highest BCUT2D eigenvalue weighted by Crippen LogP contribution is 2.50. The molecule has 3 aromatic carbocycles. The summed E-state index contributed by atoms with van der Waals surface area (Å²) < 4.78 is 30.8. The van der Waals surface area contributed by atoms with E-state index in [9.17, 15) is 18.0 Å². The van der Waals surface area contributed by atoms with Crippen LogP contribution in [0.1, 0.15) is 57.9 Å². The predicted molar refractivity (Wildman–Crippen MR) is 164 cm³/mol. The molecule has 0 spiro atoms. The zero-order valence-corrected chi connectivity index (χ0v) is 24.8. The molecule has 5 rings (SSSR count). The summed E-state index contributed by atoms with van der Waals surface area (Å²) in [4.78, 5) is 24.6. The maximum atomic E-state index is 12.8. The molecular formula is C32H34N4O5S. The average molecular weight is 587 g/mol. The molecule has 42 heavy (non-hydrogen) atoms. The zero-order chi connectivity index (χ0) is 30.0. The van der Waals surface area contributed by atoms with Gasteiger partial charge in [-0.3, -0.25) is 9.10 Å². The summed E-state index contributed by atoms with van der Waals surface area (Å²) >= 11 is 0. The fourth-order valence-electron chi connectivity index (χ4n) is 5.69. The minimum absolute atomic E-state index is 0.0788. The molecule has 1 aliphatic carbocycles. The maximum Gasteiger partial charge on any atom is 0.337 e. The van der Waals surface area contributed by atoms with Crippen LogP contribution in [0.4, 0.5) is 11.4 Å². The second kappa shape index (κ2) is 11.8. The molecule has 1 heterocycles. The number of benzene rings is 3. The van der Waals surface area contributed by atoms with Crippen LogP contribution in [0, 0.1) is 12.8 Å². The Kier molecular flexibility index (Phi) is 8.17. The minimum atomic E-state index is -3.69. The lowest BCUT2D eigenvalue weighted by Gasteiger charge is -2.37. The van der Waals surface area contributed by atoms with Crippen LogP contribution in [0.3, 0.4) is 0 Å². The molecule has 218 valence electrons. The molecule has 2 N–H and O–H groups in total. The van der Waals surface area contributed by atoms with Gasteiger partial charge in [-0.1, -0.05) is 48.6 Å². The molecule has 0 bridgehead atoms. The van der Waals surface area contributed by atoms with E-state index in [1.807, 2.05) is 37.3 Å². The van der Waals surface area contributed by atoms with Crippen LogP contribution in [0.5, 0.6) is 0 Å². The highest BCUT2D eigenvalue weighted by atomic mass is 32.2. The summed E-state index contributed by atoms with van der Waals surface area (Å²) in [7, 11) is -2.31. The topological polar surface area (TPSA) is 117 Å². The van der Waals surface area contributed by atoms with Crippen molar-refractivity contribution in [1.82, 2.24) is 5.43 Å². The number of carbonyl (C=O) groups excluding carboxylic acids is 2. The number of aryl methyl sites for hydroxylation is 1. The number of nitrogens with one attached hydrogen (secondary N) is 2. The van der Waals surface area contributed by atoms with Gasteiger partial charge in [0.15, 0.2) is 0 Å². The number of rotatable bonds is 8. The van der Waals surface area contributed by atoms with Crippen molar-refractivity contribution in [3.05, 3.63) is 107 Å². The van der Waals surface area contributed by atoms with Crippen molar-refractivity contribution in [3.63, 3.8) is 0 Å². The Balaban J connectivity index is 1.32. The van der Waals surface area contributed by atoms with Gasteiger partial charge in [0.25, 0.3) is 5.91 Å². The van der Waals surface area contributed by atoms with Gasteiger partial charge in [-0.2, -0.15) is 5.10 Å². The molecule has 3 aromatic rings. The van der Waals surface area contributed by atoms with E-state index in [2.05, 4.69) is 34.1 Å². The Morgan fingerprint density at radius 1 is 1.07 bits per heavy atom. The number of para-hydroxylation sites is 1. The lowest BCUT2D eigenvalue weighted by molar-refractivity contribution is -0.119. The fraction of sp³-hybridized carbons (Fsp3) is 0.281. The van der Waals surface area contributed by atoms with Crippen LogP contribution in [0.25, 0.3) is 0 Å². The smallest absolute Gasteiger partial charge is 0.337 e. The largest absolute Gasteiger partial charge is 0.465 e. The first-order valence-corrected chi connectivity index (χ1v) is 15.5. The van der Waals surface area contributed by atoms with Crippen molar-refractivity contribution in [3.8, 4) is 0 Å². The van der Waals surface area contributed by atoms with E-state index in [1.54, 1.807) is 37.3 Å². The first-order chi connectivity index (χ1) is 20.1. The van der Waals surface area contributed by atoms with Crippen LogP contribution in [0.2, 0.25) is 0 Å². The number of hydrogen-bond acceptors (Lipinski definition) is 7. The van der Waals surface area contributed by atoms with Gasteiger partial charge in [0, 0.05) is 11.6 Å². The first kappa shape index (κ1) is 29.1. The summed E-state index contributed by atoms with van der Waals surface area (Å²) in [5, 5.41) is 7.98. The fourth-order valence-corrected chi connectivity index (χ4v) is 6.61. The second-order valence-corrected chi connectivity index (χ2v) is 12.6. The third-order valence-electron chi connectivity index (χ3n) is 7.89. The Morgan fingerprint density at radius 2 is 1.79 bits per heavy atom. The molecule has 0 fully saturated rings. The lowest BCUT2D eigenvalue weighted by atomic mass is 9.76. The molecule has 0 saturated heterocycles. The van der Waals surface area contributed by atoms with Gasteiger partial charge in [0.1, 0.15) is 6.54 Å². The number of amides is 1. The van der Waals surface area contributed by atoms with Crippen LogP contribution in [0.15, 0.2) is 84.0 Å². The van der Waals surface area contributed by atoms with Gasteiger partial charge in [-0.05, 0) is 78.8 Å². The van der Waals surface area contributed by atoms with Crippen molar-refractivity contribution >= 4 is 39.0 Å². The summed E-state index contributed by atoms with van der Waals surface area (Å²) in [6.07, 6.45) is 6.45. The maximum absolute atomic E-state index is 12.8. The van der Waals surface area contributed by atoms with Crippen molar-refractivity contribution in [2.45, 2.75) is 32.2 Å². The molecule has 10 heteroatoms. The number of esters is 1. The normalized spacial score (nSPS) is 19.3. The summed E-state index contributed by atoms with van der Waals surface area (Å²) in [5.74, 6) is -0.394. The van der Waals surface area contributed by atoms with Gasteiger partial charge in [-0.25, -0.2) is 18.6 Å². The van der Waals surface area contributed by atoms with Gasteiger partial charge >= 0.3 is 5.97 Å². The Bertz CT molecular complexity index is 1680. The zero-order valence-electron chi connectivity index (χ0n) is 24.0. The quantitative estimate of drug-likeness (QED) is 0.168. The third-order valence-corrected chi connectivity index (χ3v) is 9.02. The first-order valence-electron chi connectivity index (χ1n) is 13.7. The monoisotopic (exact) mass is 586 g/mol. The average Bonchev–Trinajstić information content (AvgIpc) is 3.48. The molecule has 0 saturated carbocycles. The number of hydrazone groups is 1. The summed E-state index contributed by atoms with van der Waals surface area (Å²) in [6.45, 7) is 3.22. The van der Waals surface area contributed by atoms with E-state index in [-0.39, 0.29) is 24.5 Å². The van der Waals surface area contributed by atoms with Crippen molar-refractivity contribution < 1.29 is 22.7 Å². The summed E-state index contributed by atoms with van der Waals surface area (Å²) in [5.41, 5.74) is 8.98. The number of methoxy groups -OCH3 is 1. The SMILES string of the molecule is COC(=O)c1ccc([C@@H]2Nc3ccc(/C(C)=N\NC(=O)CN(c4ccccc4C)S(C)(=O)=O)cc3[C@@H]3C=CC[C@@H]32)cc1. The molecule has 0 unspecified atom stereocenters. The van der Waals surface area contributed by atoms with E-state index in [0.29, 0.717) is 22.9 Å². The van der Waals surface area contributed by atoms with Gasteiger partial charge in [-0.15, -0.1) is 0 Å². The number of ether oxygens (including phenoxy) is 1. The van der Waals surface area contributed by atoms with Crippen molar-refractivity contribution in [2.75, 3.05) is 29.5 Å². The van der Waals surface area contributed by atoms with Crippen LogP contribution in [-0.2, 0) is 19.6 Å². The third kappa shape index (κ3) is 5.94. The number of hydrogen-bond donors (Lipinski definition) is 2. The molecule has 0 radical (unpaired) electrons. The number of nitrogens with zero attached hydrogens (tertiary/aromatic N) is 2. The Hall–Kier alpha value is -4.44. The molecule has 0 aromatic heterocycles. The summed E-state index contributed by atoms with van der Waals surface area (Å²) in [6, 6.07) is 20.7. The lowest BCUT2D eigenvalue weighted by Crippen LogP contribution is -2.39. The highest BCUT2D eigenvalue weighted by Gasteiger charge is 2.38. The van der Waals surface area contributed by atoms with Gasteiger partial charge < -0.3 is 10.1 Å². The van der Waals surface area contributed by atoms with E-state index in [4.69, 9.17) is 4.74 Å². The number of sulfonamides is 1. The minimum Gasteiger partial charge on any atom is -0.465 e. The highest BCUT2D eigenvalue weighted by molar-refractivity contribution is 7.92. The standard InChI is InChI=1S/C32H34N4O5S/c1-20-8-5-6-11-29(20)36(42(4,39)40)19-30(37)35-34-21(2)24-16-17-28-27(18-24)25-9-7-10-26(25)31(33-28)22-12-14-23(15-13-22)32(38)41-3/h5-9,11-18,25-26,31,33H,10,19H2,1-4H3,(H,35,37)/b34-21-/t25-,26+,31+/m1/s1. The Labute approximate surface area is 246 Å².